The summed E-state index contributed by atoms with van der Waals surface area (Å²) in [7, 11) is -3.68. The molecule has 1 heterocycles. The van der Waals surface area contributed by atoms with Gasteiger partial charge in [0.15, 0.2) is 15.6 Å². The van der Waals surface area contributed by atoms with Crippen LogP contribution in [-0.2, 0) is 21.3 Å². The Labute approximate surface area is 168 Å². The third kappa shape index (κ3) is 4.34. The molecule has 1 aliphatic carbocycles. The van der Waals surface area contributed by atoms with E-state index in [4.69, 9.17) is 11.0 Å². The van der Waals surface area contributed by atoms with E-state index in [1.807, 2.05) is 6.07 Å². The Morgan fingerprint density at radius 2 is 2.07 bits per heavy atom. The molecule has 0 aliphatic heterocycles. The summed E-state index contributed by atoms with van der Waals surface area (Å²) in [4.78, 5) is 16.3. The van der Waals surface area contributed by atoms with Crippen LogP contribution in [-0.4, -0.2) is 25.4 Å². The van der Waals surface area contributed by atoms with E-state index >= 15 is 0 Å². The number of anilines is 1. The van der Waals surface area contributed by atoms with Gasteiger partial charge < -0.3 is 11.1 Å². The van der Waals surface area contributed by atoms with Crippen LogP contribution in [0.1, 0.15) is 35.7 Å². The molecule has 150 valence electrons. The first-order valence-electron chi connectivity index (χ1n) is 8.78. The van der Waals surface area contributed by atoms with Crippen LogP contribution in [0.5, 0.6) is 0 Å². The molecule has 0 amide bonds. The topological polar surface area (TPSA) is 126 Å². The van der Waals surface area contributed by atoms with E-state index in [0.717, 1.165) is 6.26 Å². The third-order valence-electron chi connectivity index (χ3n) is 4.66. The van der Waals surface area contributed by atoms with Crippen molar-refractivity contribution in [1.29, 1.82) is 5.26 Å². The number of nitrogens with zero attached hydrogens (tertiary/aromatic N) is 2. The maximum atomic E-state index is 12.9. The molecule has 0 bridgehead atoms. The van der Waals surface area contributed by atoms with Crippen LogP contribution in [0.25, 0.3) is 0 Å². The van der Waals surface area contributed by atoms with Gasteiger partial charge in [0.2, 0.25) is 0 Å². The number of benzene rings is 1. The van der Waals surface area contributed by atoms with E-state index in [0.29, 0.717) is 17.8 Å². The molecule has 3 N–H and O–H groups in total. The molecule has 7 nitrogen and oxygen atoms in total. The molecule has 29 heavy (non-hydrogen) atoms. The number of carbonyl (C=O) groups excluding carboxylic acids is 1. The molecule has 0 radical (unpaired) electrons. The van der Waals surface area contributed by atoms with Crippen LogP contribution in [0, 0.1) is 11.3 Å². The van der Waals surface area contributed by atoms with Gasteiger partial charge in [0.05, 0.1) is 28.3 Å². The zero-order chi connectivity index (χ0) is 21.2. The smallest absolute Gasteiger partial charge is 0.175 e. The second kappa shape index (κ2) is 8.11. The largest absolute Gasteiger partial charge is 0.358 e. The molecular weight excluding hydrogens is 395 g/mol. The van der Waals surface area contributed by atoms with Crippen LogP contribution < -0.4 is 11.1 Å². The number of aromatic nitrogens is 1. The van der Waals surface area contributed by atoms with Crippen LogP contribution in [0.3, 0.4) is 0 Å². The Bertz CT molecular complexity index is 1150. The van der Waals surface area contributed by atoms with Crippen molar-refractivity contribution in [2.24, 2.45) is 5.73 Å². The van der Waals surface area contributed by atoms with E-state index in [-0.39, 0.29) is 39.5 Å². The average molecular weight is 414 g/mol. The number of allylic oxidation sites excluding steroid dienone is 1. The first kappa shape index (κ1) is 20.6. The van der Waals surface area contributed by atoms with E-state index in [1.54, 1.807) is 6.07 Å². The minimum Gasteiger partial charge on any atom is -0.358 e. The number of nitriles is 1. The zero-order valence-electron chi connectivity index (χ0n) is 15.6. The van der Waals surface area contributed by atoms with Crippen molar-refractivity contribution >= 4 is 21.3 Å². The lowest BCUT2D eigenvalue weighted by Gasteiger charge is -2.19. The van der Waals surface area contributed by atoms with Gasteiger partial charge >= 0.3 is 0 Å². The van der Waals surface area contributed by atoms with Gasteiger partial charge in [-0.2, -0.15) is 5.26 Å². The lowest BCUT2D eigenvalue weighted by atomic mass is 9.96. The molecule has 1 aliphatic rings. The lowest BCUT2D eigenvalue weighted by Crippen LogP contribution is -2.21. The van der Waals surface area contributed by atoms with E-state index < -0.39 is 22.6 Å². The maximum Gasteiger partial charge on any atom is 0.175 e. The van der Waals surface area contributed by atoms with Crippen molar-refractivity contribution in [3.8, 4) is 6.07 Å². The van der Waals surface area contributed by atoms with Crippen LogP contribution in [0.2, 0.25) is 0 Å². The van der Waals surface area contributed by atoms with Crippen LogP contribution in [0.4, 0.5) is 10.1 Å². The highest BCUT2D eigenvalue weighted by Crippen LogP contribution is 2.35. The molecule has 0 spiro atoms. The number of carbonyl (C=O) groups is 1. The number of ketones is 1. The number of halogens is 1. The van der Waals surface area contributed by atoms with E-state index in [2.05, 4.69) is 10.3 Å². The number of hydrogen-bond donors (Lipinski definition) is 2. The molecule has 1 aromatic heterocycles. The fourth-order valence-corrected chi connectivity index (χ4v) is 4.27. The van der Waals surface area contributed by atoms with Gasteiger partial charge in [0.25, 0.3) is 0 Å². The Morgan fingerprint density at radius 3 is 2.72 bits per heavy atom. The number of nitrogens with one attached hydrogen (secondary N) is 1. The van der Waals surface area contributed by atoms with Gasteiger partial charge in [-0.15, -0.1) is 0 Å². The van der Waals surface area contributed by atoms with Crippen molar-refractivity contribution in [3.05, 3.63) is 64.6 Å². The maximum absolute atomic E-state index is 12.9. The number of rotatable bonds is 6. The molecule has 0 saturated carbocycles. The van der Waals surface area contributed by atoms with Crippen LogP contribution >= 0.6 is 0 Å². The summed E-state index contributed by atoms with van der Waals surface area (Å²) >= 11 is 0. The van der Waals surface area contributed by atoms with Crippen molar-refractivity contribution in [1.82, 2.24) is 4.98 Å². The average Bonchev–Trinajstić information content (AvgIpc) is 3.06. The summed E-state index contributed by atoms with van der Waals surface area (Å²) in [6.45, 7) is -0.719. The summed E-state index contributed by atoms with van der Waals surface area (Å²) in [5.74, 6) is -0.191. The molecular formula is C20H19FN4O3S. The number of alkyl halides is 1. The highest BCUT2D eigenvalue weighted by Gasteiger charge is 2.31. The first-order valence-corrected chi connectivity index (χ1v) is 10.7. The Balaban J connectivity index is 2.06. The van der Waals surface area contributed by atoms with E-state index in [9.17, 15) is 17.6 Å². The van der Waals surface area contributed by atoms with Gasteiger partial charge in [-0.1, -0.05) is 6.07 Å². The number of Topliss-reactive ketones (excluding diaryl/α,β-unsaturated/α-hetero) is 1. The molecule has 1 unspecified atom stereocenters. The Morgan fingerprint density at radius 1 is 1.31 bits per heavy atom. The third-order valence-corrected chi connectivity index (χ3v) is 5.82. The molecule has 0 fully saturated rings. The predicted octanol–water partition coefficient (Wildman–Crippen LogP) is 2.56. The number of hydrogen-bond acceptors (Lipinski definition) is 7. The normalized spacial score (nSPS) is 15.3. The van der Waals surface area contributed by atoms with Gasteiger partial charge in [0, 0.05) is 35.8 Å². The van der Waals surface area contributed by atoms with Crippen molar-refractivity contribution in [2.75, 3.05) is 11.6 Å². The summed E-state index contributed by atoms with van der Waals surface area (Å²) in [5.41, 5.74) is 8.41. The van der Waals surface area contributed by atoms with Crippen molar-refractivity contribution in [3.63, 3.8) is 0 Å². The fraction of sp³-hybridized carbons (Fsp3) is 0.250. The van der Waals surface area contributed by atoms with Gasteiger partial charge in [-0.25, -0.2) is 12.8 Å². The second-order valence-corrected chi connectivity index (χ2v) is 8.71. The lowest BCUT2D eigenvalue weighted by molar-refractivity contribution is -0.115. The van der Waals surface area contributed by atoms with Crippen molar-refractivity contribution < 1.29 is 17.6 Å². The molecule has 3 rings (SSSR count). The van der Waals surface area contributed by atoms with Gasteiger partial charge in [0.1, 0.15) is 6.67 Å². The molecule has 0 saturated heterocycles. The Kier molecular flexibility index (Phi) is 5.77. The van der Waals surface area contributed by atoms with Gasteiger partial charge in [-0.05, 0) is 36.2 Å². The standard InChI is InChI=1S/C20H19FN4O3S/c1-29(27,28)18-8-12(11-22)2-3-15(18)20(23)19-16(4-5-17(19)26)25-13-6-7-24-14(9-13)10-21/h2-3,6-9,20H,4-5,10,23H2,1H3,(H,24,25). The number of pyridine rings is 1. The molecule has 1 atom stereocenters. The highest BCUT2D eigenvalue weighted by atomic mass is 32.2. The fourth-order valence-electron chi connectivity index (χ4n) is 3.31. The first-order chi connectivity index (χ1) is 13.7. The molecule has 2 aromatic rings. The second-order valence-electron chi connectivity index (χ2n) is 6.72. The van der Waals surface area contributed by atoms with Crippen LogP contribution in [0.15, 0.2) is 52.7 Å². The highest BCUT2D eigenvalue weighted by molar-refractivity contribution is 7.90. The predicted molar refractivity (Wildman–Crippen MR) is 105 cm³/mol. The van der Waals surface area contributed by atoms with Gasteiger partial charge in [-0.3, -0.25) is 9.78 Å². The monoisotopic (exact) mass is 414 g/mol. The Hall–Kier alpha value is -3.09. The summed E-state index contributed by atoms with van der Waals surface area (Å²) in [5, 5.41) is 12.2. The van der Waals surface area contributed by atoms with E-state index in [1.165, 1.54) is 30.5 Å². The minimum atomic E-state index is -3.68. The molecule has 1 aromatic carbocycles. The minimum absolute atomic E-state index is 0.0840. The summed E-state index contributed by atoms with van der Waals surface area (Å²) < 4.78 is 37.4. The quantitative estimate of drug-likeness (QED) is 0.744. The summed E-state index contributed by atoms with van der Waals surface area (Å²) in [6.07, 6.45) is 3.12. The van der Waals surface area contributed by atoms with Crippen molar-refractivity contribution in [2.45, 2.75) is 30.5 Å². The SMILES string of the molecule is CS(=O)(=O)c1cc(C#N)ccc1C(N)C1=C(Nc2ccnc(CF)c2)CCC1=O. The molecule has 9 heteroatoms. The number of sulfone groups is 1. The zero-order valence-corrected chi connectivity index (χ0v) is 16.5. The number of nitrogens with two attached hydrogens (primary N) is 1. The summed E-state index contributed by atoms with van der Waals surface area (Å²) in [6, 6.07) is 8.27.